The standard InChI is InChI=1S/C13H10O4S2/c14-18-11-6-2-1-4-9(11)8-10-5-3-7-12(13(10)18)19(15,16)17/h1-7H,8H2,(H,15,16,17). The lowest BCUT2D eigenvalue weighted by Crippen LogP contribution is -2.14. The maximum absolute atomic E-state index is 12.5. The number of hydrogen-bond acceptors (Lipinski definition) is 3. The van der Waals surface area contributed by atoms with E-state index in [1.807, 2.05) is 12.1 Å². The van der Waals surface area contributed by atoms with Crippen LogP contribution < -0.4 is 0 Å². The third kappa shape index (κ3) is 2.01. The molecule has 2 aromatic carbocycles. The summed E-state index contributed by atoms with van der Waals surface area (Å²) in [6.45, 7) is 0. The summed E-state index contributed by atoms with van der Waals surface area (Å²) in [5, 5.41) is 0. The fraction of sp³-hybridized carbons (Fsp3) is 0.0769. The fourth-order valence-electron chi connectivity index (χ4n) is 2.26. The molecule has 0 aliphatic carbocycles. The van der Waals surface area contributed by atoms with Gasteiger partial charge in [0.25, 0.3) is 10.1 Å². The first-order valence-electron chi connectivity index (χ1n) is 5.57. The van der Waals surface area contributed by atoms with Crippen LogP contribution in [-0.4, -0.2) is 17.2 Å². The highest BCUT2D eigenvalue weighted by molar-refractivity contribution is 7.88. The molecule has 3 rings (SSSR count). The fourth-order valence-corrected chi connectivity index (χ4v) is 4.85. The van der Waals surface area contributed by atoms with E-state index in [1.165, 1.54) is 6.07 Å². The van der Waals surface area contributed by atoms with Gasteiger partial charge in [-0.1, -0.05) is 30.3 Å². The minimum absolute atomic E-state index is 0.198. The minimum atomic E-state index is -4.37. The van der Waals surface area contributed by atoms with Crippen molar-refractivity contribution in [1.29, 1.82) is 0 Å². The molecule has 1 heterocycles. The number of hydrogen-bond donors (Lipinski definition) is 1. The molecule has 1 aliphatic heterocycles. The van der Waals surface area contributed by atoms with Gasteiger partial charge in [-0.25, -0.2) is 4.21 Å². The Morgan fingerprint density at radius 3 is 2.42 bits per heavy atom. The Labute approximate surface area is 113 Å². The zero-order valence-corrected chi connectivity index (χ0v) is 11.4. The second-order valence-electron chi connectivity index (χ2n) is 4.27. The molecule has 0 bridgehead atoms. The van der Waals surface area contributed by atoms with E-state index in [-0.39, 0.29) is 9.79 Å². The van der Waals surface area contributed by atoms with Gasteiger partial charge in [0, 0.05) is 4.90 Å². The molecule has 0 radical (unpaired) electrons. The van der Waals surface area contributed by atoms with Crippen molar-refractivity contribution in [1.82, 2.24) is 0 Å². The van der Waals surface area contributed by atoms with Crippen LogP contribution in [0.2, 0.25) is 0 Å². The van der Waals surface area contributed by atoms with E-state index in [4.69, 9.17) is 0 Å². The van der Waals surface area contributed by atoms with Gasteiger partial charge in [-0.3, -0.25) is 4.55 Å². The Hall–Kier alpha value is -1.50. The average Bonchev–Trinajstić information content (AvgIpc) is 2.37. The van der Waals surface area contributed by atoms with Crippen LogP contribution in [0.5, 0.6) is 0 Å². The third-order valence-electron chi connectivity index (χ3n) is 3.08. The molecule has 1 unspecified atom stereocenters. The van der Waals surface area contributed by atoms with E-state index in [9.17, 15) is 17.2 Å². The smallest absolute Gasteiger partial charge is 0.282 e. The van der Waals surface area contributed by atoms with E-state index < -0.39 is 20.9 Å². The summed E-state index contributed by atoms with van der Waals surface area (Å²) >= 11 is 0. The molecule has 98 valence electrons. The molecular formula is C13H10O4S2. The van der Waals surface area contributed by atoms with Crippen molar-refractivity contribution in [2.45, 2.75) is 21.1 Å². The van der Waals surface area contributed by atoms with Crippen molar-refractivity contribution < 1.29 is 17.2 Å². The summed E-state index contributed by atoms with van der Waals surface area (Å²) in [6.07, 6.45) is 0.514. The summed E-state index contributed by atoms with van der Waals surface area (Å²) in [5.74, 6) is 0. The zero-order chi connectivity index (χ0) is 13.6. The number of fused-ring (bicyclic) bond motifs is 2. The highest BCUT2D eigenvalue weighted by atomic mass is 32.2. The van der Waals surface area contributed by atoms with Crippen LogP contribution in [0.1, 0.15) is 11.1 Å². The van der Waals surface area contributed by atoms with Crippen molar-refractivity contribution in [3.8, 4) is 0 Å². The predicted molar refractivity (Wildman–Crippen MR) is 70.2 cm³/mol. The molecule has 0 saturated carbocycles. The Morgan fingerprint density at radius 2 is 1.68 bits per heavy atom. The molecule has 2 aromatic rings. The third-order valence-corrected chi connectivity index (χ3v) is 5.75. The average molecular weight is 294 g/mol. The SMILES string of the molecule is O=S1c2ccccc2Cc2cccc(S(=O)(=O)O)c21. The summed E-state index contributed by atoms with van der Waals surface area (Å²) in [7, 11) is -5.96. The lowest BCUT2D eigenvalue weighted by atomic mass is 10.0. The Bertz CT molecular complexity index is 794. The van der Waals surface area contributed by atoms with Crippen molar-refractivity contribution in [2.24, 2.45) is 0 Å². The first kappa shape index (κ1) is 12.5. The maximum atomic E-state index is 12.5. The van der Waals surface area contributed by atoms with Gasteiger partial charge < -0.3 is 0 Å². The first-order valence-corrected chi connectivity index (χ1v) is 8.16. The molecule has 0 spiro atoms. The van der Waals surface area contributed by atoms with Gasteiger partial charge in [0.05, 0.1) is 15.7 Å². The van der Waals surface area contributed by atoms with Crippen LogP contribution >= 0.6 is 0 Å². The van der Waals surface area contributed by atoms with Crippen LogP contribution in [0.3, 0.4) is 0 Å². The zero-order valence-electron chi connectivity index (χ0n) is 9.74. The van der Waals surface area contributed by atoms with Crippen molar-refractivity contribution in [3.05, 3.63) is 53.6 Å². The lowest BCUT2D eigenvalue weighted by molar-refractivity contribution is 0.480. The number of rotatable bonds is 1. The van der Waals surface area contributed by atoms with E-state index in [1.54, 1.807) is 24.3 Å². The normalized spacial score (nSPS) is 17.6. The number of benzene rings is 2. The maximum Gasteiger partial charge on any atom is 0.295 e. The molecule has 0 saturated heterocycles. The summed E-state index contributed by atoms with van der Waals surface area (Å²) in [4.78, 5) is 0.535. The van der Waals surface area contributed by atoms with E-state index in [0.29, 0.717) is 16.9 Å². The van der Waals surface area contributed by atoms with E-state index in [0.717, 1.165) is 5.56 Å². The van der Waals surface area contributed by atoms with Gasteiger partial charge in [0.2, 0.25) is 0 Å². The van der Waals surface area contributed by atoms with Gasteiger partial charge in [0.1, 0.15) is 4.90 Å². The second kappa shape index (κ2) is 4.26. The van der Waals surface area contributed by atoms with Gasteiger partial charge in [-0.05, 0) is 29.7 Å². The predicted octanol–water partition coefficient (Wildman–Crippen LogP) is 2.00. The monoisotopic (exact) mass is 294 g/mol. The summed E-state index contributed by atoms with van der Waals surface area (Å²) in [6, 6.07) is 11.8. The highest BCUT2D eigenvalue weighted by Crippen LogP contribution is 2.35. The van der Waals surface area contributed by atoms with Gasteiger partial charge >= 0.3 is 0 Å². The second-order valence-corrected chi connectivity index (χ2v) is 7.05. The van der Waals surface area contributed by atoms with Gasteiger partial charge in [-0.2, -0.15) is 8.42 Å². The summed E-state index contributed by atoms with van der Waals surface area (Å²) in [5.41, 5.74) is 1.59. The molecule has 0 fully saturated rings. The van der Waals surface area contributed by atoms with Crippen molar-refractivity contribution in [2.75, 3.05) is 0 Å². The first-order chi connectivity index (χ1) is 8.98. The van der Waals surface area contributed by atoms with Crippen LogP contribution in [0.15, 0.2) is 57.2 Å². The van der Waals surface area contributed by atoms with Crippen LogP contribution in [-0.2, 0) is 27.3 Å². The molecule has 1 atom stereocenters. The quantitative estimate of drug-likeness (QED) is 0.697. The molecular weight excluding hydrogens is 284 g/mol. The largest absolute Gasteiger partial charge is 0.295 e. The van der Waals surface area contributed by atoms with Crippen LogP contribution in [0, 0.1) is 0 Å². The lowest BCUT2D eigenvalue weighted by Gasteiger charge is -2.20. The molecule has 1 aliphatic rings. The Balaban J connectivity index is 2.31. The Morgan fingerprint density at radius 1 is 1.00 bits per heavy atom. The van der Waals surface area contributed by atoms with E-state index in [2.05, 4.69) is 0 Å². The molecule has 4 nitrogen and oxygen atoms in total. The summed E-state index contributed by atoms with van der Waals surface area (Å²) < 4.78 is 44.5. The molecule has 0 amide bonds. The van der Waals surface area contributed by atoms with Crippen molar-refractivity contribution >= 4 is 20.9 Å². The molecule has 6 heteroatoms. The highest BCUT2D eigenvalue weighted by Gasteiger charge is 2.28. The van der Waals surface area contributed by atoms with Gasteiger partial charge in [0.15, 0.2) is 0 Å². The van der Waals surface area contributed by atoms with Crippen LogP contribution in [0.25, 0.3) is 0 Å². The topological polar surface area (TPSA) is 71.4 Å². The molecule has 0 aromatic heterocycles. The van der Waals surface area contributed by atoms with Gasteiger partial charge in [-0.15, -0.1) is 0 Å². The minimum Gasteiger partial charge on any atom is -0.282 e. The van der Waals surface area contributed by atoms with E-state index >= 15 is 0 Å². The molecule has 1 N–H and O–H groups in total. The Kier molecular flexibility index (Phi) is 2.81. The molecule has 19 heavy (non-hydrogen) atoms. The van der Waals surface area contributed by atoms with Crippen LogP contribution in [0.4, 0.5) is 0 Å². The van der Waals surface area contributed by atoms with Crippen molar-refractivity contribution in [3.63, 3.8) is 0 Å².